The lowest BCUT2D eigenvalue weighted by Gasteiger charge is -2.17. The fraction of sp³-hybridized carbons (Fsp3) is 0.917. The van der Waals surface area contributed by atoms with Gasteiger partial charge in [-0.2, -0.15) is 0 Å². The van der Waals surface area contributed by atoms with E-state index in [1.54, 1.807) is 0 Å². The van der Waals surface area contributed by atoms with Crippen LogP contribution in [-0.4, -0.2) is 25.2 Å². The molecule has 15 heavy (non-hydrogen) atoms. The van der Waals surface area contributed by atoms with Gasteiger partial charge >= 0.3 is 5.97 Å². The first-order chi connectivity index (χ1) is 7.11. The van der Waals surface area contributed by atoms with Crippen molar-refractivity contribution in [2.45, 2.75) is 53.0 Å². The zero-order valence-corrected chi connectivity index (χ0v) is 10.5. The van der Waals surface area contributed by atoms with Gasteiger partial charge in [0.2, 0.25) is 0 Å². The fourth-order valence-corrected chi connectivity index (χ4v) is 1.15. The second kappa shape index (κ2) is 8.72. The summed E-state index contributed by atoms with van der Waals surface area (Å²) >= 11 is 0. The van der Waals surface area contributed by atoms with Crippen LogP contribution >= 0.6 is 0 Å². The summed E-state index contributed by atoms with van der Waals surface area (Å²) < 4.78 is 5.19. The van der Waals surface area contributed by atoms with E-state index in [9.17, 15) is 4.79 Å². The first-order valence-electron chi connectivity index (χ1n) is 6.01. The highest BCUT2D eigenvalue weighted by Crippen LogP contribution is 1.99. The molecule has 0 aromatic heterocycles. The molecule has 3 nitrogen and oxygen atoms in total. The second-order valence-corrected chi connectivity index (χ2v) is 4.20. The maximum atomic E-state index is 11.2. The van der Waals surface area contributed by atoms with Crippen molar-refractivity contribution < 1.29 is 9.53 Å². The summed E-state index contributed by atoms with van der Waals surface area (Å²) in [5, 5.41) is 3.39. The lowest BCUT2D eigenvalue weighted by molar-refractivity contribution is -0.148. The highest BCUT2D eigenvalue weighted by Gasteiger charge is 2.11. The van der Waals surface area contributed by atoms with Crippen LogP contribution in [0.2, 0.25) is 0 Å². The number of rotatable bonds is 8. The van der Waals surface area contributed by atoms with Crippen LogP contribution in [0, 0.1) is 5.92 Å². The van der Waals surface area contributed by atoms with E-state index >= 15 is 0 Å². The molecule has 0 spiro atoms. The quantitative estimate of drug-likeness (QED) is 0.499. The van der Waals surface area contributed by atoms with E-state index in [0.717, 1.165) is 13.0 Å². The van der Waals surface area contributed by atoms with Gasteiger partial charge < -0.3 is 10.1 Å². The zero-order valence-electron chi connectivity index (χ0n) is 10.5. The van der Waals surface area contributed by atoms with Crippen molar-refractivity contribution in [3.8, 4) is 0 Å². The van der Waals surface area contributed by atoms with E-state index in [1.165, 1.54) is 12.8 Å². The first-order valence-corrected chi connectivity index (χ1v) is 6.01. The summed E-state index contributed by atoms with van der Waals surface area (Å²) in [5.41, 5.74) is 0. The zero-order chi connectivity index (χ0) is 11.7. The molecule has 1 atom stereocenters. The highest BCUT2D eigenvalue weighted by atomic mass is 16.5. The molecule has 0 aliphatic carbocycles. The Morgan fingerprint density at radius 1 is 1.33 bits per heavy atom. The molecule has 0 aliphatic rings. The summed E-state index contributed by atoms with van der Waals surface area (Å²) in [7, 11) is 0. The lowest BCUT2D eigenvalue weighted by atomic mass is 10.2. The molecule has 1 unspecified atom stereocenters. The highest BCUT2D eigenvalue weighted by molar-refractivity contribution is 5.71. The molecule has 0 radical (unpaired) electrons. The smallest absolute Gasteiger partial charge is 0.308 e. The molecular formula is C12H25NO2. The summed E-state index contributed by atoms with van der Waals surface area (Å²) in [6.45, 7) is 9.49. The molecule has 0 bridgehead atoms. The van der Waals surface area contributed by atoms with Gasteiger partial charge in [0.05, 0.1) is 5.92 Å². The second-order valence-electron chi connectivity index (χ2n) is 4.20. The standard InChI is InChI=1S/C12H25NO2/c1-5-7-8-13-11(6-2)9-15-12(14)10(3)4/h10-11,13H,5-9H2,1-4H3. The van der Waals surface area contributed by atoms with Crippen molar-refractivity contribution in [2.24, 2.45) is 5.92 Å². The molecule has 0 aliphatic heterocycles. The predicted octanol–water partition coefficient (Wildman–Crippen LogP) is 2.35. The molecular weight excluding hydrogens is 190 g/mol. The van der Waals surface area contributed by atoms with Gasteiger partial charge in [-0.25, -0.2) is 0 Å². The number of hydrogen-bond donors (Lipinski definition) is 1. The van der Waals surface area contributed by atoms with Gasteiger partial charge in [-0.15, -0.1) is 0 Å². The average Bonchev–Trinajstić information content (AvgIpc) is 2.22. The Morgan fingerprint density at radius 2 is 2.00 bits per heavy atom. The average molecular weight is 215 g/mol. The number of hydrogen-bond acceptors (Lipinski definition) is 3. The molecule has 0 amide bonds. The Balaban J connectivity index is 3.65. The van der Waals surface area contributed by atoms with E-state index in [-0.39, 0.29) is 11.9 Å². The summed E-state index contributed by atoms with van der Waals surface area (Å²) in [5.74, 6) is -0.135. The van der Waals surface area contributed by atoms with E-state index in [4.69, 9.17) is 4.74 Å². The van der Waals surface area contributed by atoms with Gasteiger partial charge in [0.15, 0.2) is 0 Å². The molecule has 90 valence electrons. The normalized spacial score (nSPS) is 12.9. The van der Waals surface area contributed by atoms with Crippen LogP contribution in [0.15, 0.2) is 0 Å². The molecule has 0 fully saturated rings. The maximum Gasteiger partial charge on any atom is 0.308 e. The van der Waals surface area contributed by atoms with Crippen LogP contribution < -0.4 is 5.32 Å². The Bertz CT molecular complexity index is 169. The monoisotopic (exact) mass is 215 g/mol. The van der Waals surface area contributed by atoms with Crippen molar-refractivity contribution in [2.75, 3.05) is 13.2 Å². The molecule has 3 heteroatoms. The summed E-state index contributed by atoms with van der Waals surface area (Å²) in [4.78, 5) is 11.2. The van der Waals surface area contributed by atoms with Crippen molar-refractivity contribution in [3.63, 3.8) is 0 Å². The van der Waals surface area contributed by atoms with Crippen LogP contribution in [0.3, 0.4) is 0 Å². The molecule has 0 aromatic carbocycles. The number of ether oxygens (including phenoxy) is 1. The number of esters is 1. The van der Waals surface area contributed by atoms with Crippen LogP contribution in [0.5, 0.6) is 0 Å². The van der Waals surface area contributed by atoms with E-state index in [0.29, 0.717) is 12.6 Å². The first kappa shape index (κ1) is 14.4. The molecule has 0 rings (SSSR count). The van der Waals surface area contributed by atoms with Crippen LogP contribution in [0.4, 0.5) is 0 Å². The van der Waals surface area contributed by atoms with Crippen molar-refractivity contribution in [3.05, 3.63) is 0 Å². The third-order valence-electron chi connectivity index (χ3n) is 2.35. The van der Waals surface area contributed by atoms with Gasteiger partial charge in [0.1, 0.15) is 6.61 Å². The number of carbonyl (C=O) groups excluding carboxylic acids is 1. The van der Waals surface area contributed by atoms with Gasteiger partial charge in [-0.3, -0.25) is 4.79 Å². The van der Waals surface area contributed by atoms with Crippen molar-refractivity contribution >= 4 is 5.97 Å². The summed E-state index contributed by atoms with van der Waals surface area (Å²) in [6.07, 6.45) is 3.36. The van der Waals surface area contributed by atoms with E-state index in [1.807, 2.05) is 13.8 Å². The minimum Gasteiger partial charge on any atom is -0.464 e. The van der Waals surface area contributed by atoms with Crippen LogP contribution in [-0.2, 0) is 9.53 Å². The number of nitrogens with one attached hydrogen (secondary N) is 1. The molecule has 0 saturated heterocycles. The summed E-state index contributed by atoms with van der Waals surface area (Å²) in [6, 6.07) is 0.305. The Hall–Kier alpha value is -0.570. The minimum atomic E-state index is -0.106. The number of carbonyl (C=O) groups is 1. The SMILES string of the molecule is CCCCNC(CC)COC(=O)C(C)C. The van der Waals surface area contributed by atoms with Gasteiger partial charge in [-0.1, -0.05) is 34.1 Å². The third kappa shape index (κ3) is 7.37. The van der Waals surface area contributed by atoms with Gasteiger partial charge in [0.25, 0.3) is 0 Å². The van der Waals surface area contributed by atoms with Crippen molar-refractivity contribution in [1.29, 1.82) is 0 Å². The van der Waals surface area contributed by atoms with Gasteiger partial charge in [0, 0.05) is 6.04 Å². The number of unbranched alkanes of at least 4 members (excludes halogenated alkanes) is 1. The minimum absolute atomic E-state index is 0.0295. The van der Waals surface area contributed by atoms with Gasteiger partial charge in [-0.05, 0) is 19.4 Å². The Kier molecular flexibility index (Phi) is 8.38. The predicted molar refractivity (Wildman–Crippen MR) is 62.8 cm³/mol. The van der Waals surface area contributed by atoms with Crippen LogP contribution in [0.1, 0.15) is 47.0 Å². The molecule has 0 saturated carbocycles. The molecule has 0 aromatic rings. The van der Waals surface area contributed by atoms with E-state index < -0.39 is 0 Å². The fourth-order valence-electron chi connectivity index (χ4n) is 1.15. The van der Waals surface area contributed by atoms with Crippen LogP contribution in [0.25, 0.3) is 0 Å². The lowest BCUT2D eigenvalue weighted by Crippen LogP contribution is -2.35. The maximum absolute atomic E-state index is 11.2. The molecule has 1 N–H and O–H groups in total. The largest absolute Gasteiger partial charge is 0.464 e. The van der Waals surface area contributed by atoms with Crippen molar-refractivity contribution in [1.82, 2.24) is 5.32 Å². The Morgan fingerprint density at radius 3 is 2.47 bits per heavy atom. The topological polar surface area (TPSA) is 38.3 Å². The van der Waals surface area contributed by atoms with E-state index in [2.05, 4.69) is 19.2 Å². The Labute approximate surface area is 93.6 Å². The molecule has 0 heterocycles. The third-order valence-corrected chi connectivity index (χ3v) is 2.35.